The number of amides is 1. The number of methoxy groups -OCH3 is 2. The SMILES string of the molecule is COc1ccc(-c2ccc(N(C)C(C)NC(=O)c3ccc4ccccc4c3)c(S)c2)c(OC)c1. The van der Waals surface area contributed by atoms with Crippen LogP contribution >= 0.6 is 12.6 Å². The zero-order chi connectivity index (χ0) is 24.2. The summed E-state index contributed by atoms with van der Waals surface area (Å²) in [5.41, 5.74) is 3.47. The molecule has 0 fully saturated rings. The minimum atomic E-state index is -0.244. The van der Waals surface area contributed by atoms with Crippen molar-refractivity contribution >= 4 is 35.0 Å². The molecule has 0 aliphatic heterocycles. The minimum Gasteiger partial charge on any atom is -0.497 e. The molecule has 4 aromatic rings. The smallest absolute Gasteiger partial charge is 0.252 e. The largest absolute Gasteiger partial charge is 0.497 e. The van der Waals surface area contributed by atoms with Crippen molar-refractivity contribution in [2.24, 2.45) is 0 Å². The van der Waals surface area contributed by atoms with Crippen molar-refractivity contribution in [3.8, 4) is 22.6 Å². The summed E-state index contributed by atoms with van der Waals surface area (Å²) in [6.45, 7) is 1.95. The molecule has 4 rings (SSSR count). The summed E-state index contributed by atoms with van der Waals surface area (Å²) in [6, 6.07) is 25.5. The van der Waals surface area contributed by atoms with Crippen LogP contribution in [0.5, 0.6) is 11.5 Å². The van der Waals surface area contributed by atoms with Crippen LogP contribution in [0.4, 0.5) is 5.69 Å². The summed E-state index contributed by atoms with van der Waals surface area (Å²) in [5, 5.41) is 5.23. The number of carbonyl (C=O) groups is 1. The van der Waals surface area contributed by atoms with E-state index in [1.807, 2.05) is 97.7 Å². The van der Waals surface area contributed by atoms with Crippen molar-refractivity contribution in [2.75, 3.05) is 26.2 Å². The van der Waals surface area contributed by atoms with Gasteiger partial charge in [-0.15, -0.1) is 12.6 Å². The van der Waals surface area contributed by atoms with Gasteiger partial charge in [-0.05, 0) is 59.7 Å². The lowest BCUT2D eigenvalue weighted by Crippen LogP contribution is -2.44. The molecule has 1 atom stereocenters. The number of carbonyl (C=O) groups excluding carboxylic acids is 1. The average molecular weight is 473 g/mol. The maximum absolute atomic E-state index is 12.9. The summed E-state index contributed by atoms with van der Waals surface area (Å²) in [7, 11) is 5.21. The van der Waals surface area contributed by atoms with Gasteiger partial charge in [0.1, 0.15) is 11.5 Å². The summed E-state index contributed by atoms with van der Waals surface area (Å²) in [6.07, 6.45) is -0.244. The molecular formula is C28H28N2O3S. The van der Waals surface area contributed by atoms with Gasteiger partial charge in [0.15, 0.2) is 0 Å². The van der Waals surface area contributed by atoms with E-state index >= 15 is 0 Å². The topological polar surface area (TPSA) is 50.8 Å². The molecule has 0 spiro atoms. The molecule has 174 valence electrons. The highest BCUT2D eigenvalue weighted by Gasteiger charge is 2.17. The number of thiol groups is 1. The molecule has 34 heavy (non-hydrogen) atoms. The second-order valence-electron chi connectivity index (χ2n) is 8.09. The number of nitrogens with one attached hydrogen (secondary N) is 1. The fourth-order valence-electron chi connectivity index (χ4n) is 3.94. The van der Waals surface area contributed by atoms with Gasteiger partial charge in [-0.25, -0.2) is 0 Å². The molecule has 6 heteroatoms. The van der Waals surface area contributed by atoms with Crippen molar-refractivity contribution in [1.29, 1.82) is 0 Å². The molecule has 4 aromatic carbocycles. The van der Waals surface area contributed by atoms with E-state index in [0.717, 1.165) is 44.0 Å². The molecule has 1 amide bonds. The van der Waals surface area contributed by atoms with Crippen LogP contribution < -0.4 is 19.7 Å². The first kappa shape index (κ1) is 23.5. The Morgan fingerprint density at radius 1 is 0.912 bits per heavy atom. The van der Waals surface area contributed by atoms with Gasteiger partial charge in [0.05, 0.1) is 26.1 Å². The van der Waals surface area contributed by atoms with E-state index in [9.17, 15) is 4.79 Å². The fourth-order valence-corrected chi connectivity index (χ4v) is 4.31. The Morgan fingerprint density at radius 3 is 2.38 bits per heavy atom. The number of anilines is 1. The average Bonchev–Trinajstić information content (AvgIpc) is 2.87. The summed E-state index contributed by atoms with van der Waals surface area (Å²) < 4.78 is 10.8. The Bertz CT molecular complexity index is 1340. The van der Waals surface area contributed by atoms with Gasteiger partial charge in [-0.1, -0.05) is 36.4 Å². The van der Waals surface area contributed by atoms with E-state index < -0.39 is 0 Å². The van der Waals surface area contributed by atoms with Gasteiger partial charge in [0, 0.05) is 29.1 Å². The van der Waals surface area contributed by atoms with Crippen molar-refractivity contribution in [1.82, 2.24) is 5.32 Å². The zero-order valence-corrected chi connectivity index (χ0v) is 20.6. The Labute approximate surface area is 205 Å². The first-order chi connectivity index (χ1) is 16.4. The summed E-state index contributed by atoms with van der Waals surface area (Å²) in [4.78, 5) is 15.7. The minimum absolute atomic E-state index is 0.120. The second-order valence-corrected chi connectivity index (χ2v) is 8.57. The molecule has 0 saturated heterocycles. The Balaban J connectivity index is 1.52. The predicted octanol–water partition coefficient (Wildman–Crippen LogP) is 6.02. The molecule has 0 radical (unpaired) electrons. The quantitative estimate of drug-likeness (QED) is 0.255. The molecular weight excluding hydrogens is 444 g/mol. The normalized spacial score (nSPS) is 11.7. The summed E-state index contributed by atoms with van der Waals surface area (Å²) in [5.74, 6) is 1.34. The number of ether oxygens (including phenoxy) is 2. The van der Waals surface area contributed by atoms with Crippen LogP contribution in [0.1, 0.15) is 17.3 Å². The van der Waals surface area contributed by atoms with Crippen molar-refractivity contribution in [2.45, 2.75) is 18.0 Å². The third-order valence-electron chi connectivity index (χ3n) is 6.01. The van der Waals surface area contributed by atoms with Gasteiger partial charge < -0.3 is 19.7 Å². The van der Waals surface area contributed by atoms with Gasteiger partial charge in [0.2, 0.25) is 0 Å². The number of rotatable bonds is 7. The van der Waals surface area contributed by atoms with E-state index in [1.54, 1.807) is 14.2 Å². The summed E-state index contributed by atoms with van der Waals surface area (Å²) >= 11 is 4.74. The van der Waals surface area contributed by atoms with E-state index in [4.69, 9.17) is 22.1 Å². The lowest BCUT2D eigenvalue weighted by atomic mass is 10.0. The number of hydrogen-bond acceptors (Lipinski definition) is 5. The number of nitrogens with zero attached hydrogens (tertiary/aromatic N) is 1. The number of benzene rings is 4. The monoisotopic (exact) mass is 472 g/mol. The lowest BCUT2D eigenvalue weighted by molar-refractivity contribution is 0.0940. The standard InChI is InChI=1S/C28H28N2O3S/c1-18(29-28(31)22-10-9-19-7-5-6-8-20(19)15-22)30(2)25-14-11-21(16-27(25)34)24-13-12-23(32-3)17-26(24)33-4/h5-18,34H,1-4H3,(H,29,31). The predicted molar refractivity (Wildman–Crippen MR) is 142 cm³/mol. The molecule has 0 saturated carbocycles. The first-order valence-electron chi connectivity index (χ1n) is 11.0. The van der Waals surface area contributed by atoms with E-state index in [2.05, 4.69) is 5.32 Å². The van der Waals surface area contributed by atoms with Crippen LogP contribution in [-0.4, -0.2) is 33.3 Å². The van der Waals surface area contributed by atoms with Crippen LogP contribution in [0, 0.1) is 0 Å². The zero-order valence-electron chi connectivity index (χ0n) is 19.7. The van der Waals surface area contributed by atoms with Gasteiger partial charge >= 0.3 is 0 Å². The maximum Gasteiger partial charge on any atom is 0.252 e. The molecule has 0 bridgehead atoms. The fraction of sp³-hybridized carbons (Fsp3) is 0.179. The maximum atomic E-state index is 12.9. The van der Waals surface area contributed by atoms with Gasteiger partial charge in [-0.2, -0.15) is 0 Å². The highest BCUT2D eigenvalue weighted by molar-refractivity contribution is 7.80. The Morgan fingerprint density at radius 2 is 1.68 bits per heavy atom. The first-order valence-corrected chi connectivity index (χ1v) is 11.4. The Hall–Kier alpha value is -3.64. The number of fused-ring (bicyclic) bond motifs is 1. The van der Waals surface area contributed by atoms with Gasteiger partial charge in [-0.3, -0.25) is 4.79 Å². The van der Waals surface area contributed by atoms with Crippen molar-refractivity contribution in [3.05, 3.63) is 84.4 Å². The van der Waals surface area contributed by atoms with Crippen LogP contribution in [0.25, 0.3) is 21.9 Å². The van der Waals surface area contributed by atoms with Crippen LogP contribution in [-0.2, 0) is 0 Å². The third-order valence-corrected chi connectivity index (χ3v) is 6.37. The Kier molecular flexibility index (Phi) is 6.98. The highest BCUT2D eigenvalue weighted by Crippen LogP contribution is 2.36. The molecule has 1 N–H and O–H groups in total. The molecule has 1 unspecified atom stereocenters. The van der Waals surface area contributed by atoms with E-state index in [1.165, 1.54) is 0 Å². The van der Waals surface area contributed by atoms with E-state index in [-0.39, 0.29) is 12.1 Å². The molecule has 0 heterocycles. The third kappa shape index (κ3) is 4.82. The van der Waals surface area contributed by atoms with Crippen LogP contribution in [0.2, 0.25) is 0 Å². The van der Waals surface area contributed by atoms with Crippen LogP contribution in [0.3, 0.4) is 0 Å². The second kappa shape index (κ2) is 10.1. The van der Waals surface area contributed by atoms with Crippen LogP contribution in [0.15, 0.2) is 83.8 Å². The van der Waals surface area contributed by atoms with Gasteiger partial charge in [0.25, 0.3) is 5.91 Å². The molecule has 0 aliphatic rings. The van der Waals surface area contributed by atoms with Crippen molar-refractivity contribution < 1.29 is 14.3 Å². The molecule has 0 aliphatic carbocycles. The number of hydrogen-bond donors (Lipinski definition) is 2. The van der Waals surface area contributed by atoms with Crippen molar-refractivity contribution in [3.63, 3.8) is 0 Å². The molecule has 0 aromatic heterocycles. The molecule has 5 nitrogen and oxygen atoms in total. The highest BCUT2D eigenvalue weighted by atomic mass is 32.1. The van der Waals surface area contributed by atoms with E-state index in [0.29, 0.717) is 5.56 Å². The lowest BCUT2D eigenvalue weighted by Gasteiger charge is -2.29.